The third kappa shape index (κ3) is 2.25. The first kappa shape index (κ1) is 11.9. The molecule has 0 aromatic carbocycles. The Labute approximate surface area is 101 Å². The van der Waals surface area contributed by atoms with Gasteiger partial charge in [-0.1, -0.05) is 0 Å². The van der Waals surface area contributed by atoms with Crippen LogP contribution in [0, 0.1) is 0 Å². The molecular weight excluding hydrogens is 216 g/mol. The fourth-order valence-electron chi connectivity index (χ4n) is 2.29. The van der Waals surface area contributed by atoms with Crippen LogP contribution in [-0.4, -0.2) is 33.7 Å². The second-order valence-corrected chi connectivity index (χ2v) is 4.97. The van der Waals surface area contributed by atoms with Crippen molar-refractivity contribution in [2.45, 2.75) is 38.6 Å². The van der Waals surface area contributed by atoms with Crippen molar-refractivity contribution < 1.29 is 9.59 Å². The number of H-pyrrole nitrogens is 1. The summed E-state index contributed by atoms with van der Waals surface area (Å²) in [7, 11) is 0. The van der Waals surface area contributed by atoms with Crippen LogP contribution in [0.25, 0.3) is 0 Å². The van der Waals surface area contributed by atoms with Crippen molar-refractivity contribution in [1.29, 1.82) is 0 Å². The molecule has 0 bridgehead atoms. The van der Waals surface area contributed by atoms with Crippen LogP contribution in [0.15, 0.2) is 18.3 Å². The molecule has 2 heterocycles. The Bertz CT molecular complexity index is 421. The number of ketones is 1. The van der Waals surface area contributed by atoms with Gasteiger partial charge in [0.2, 0.25) is 5.91 Å². The summed E-state index contributed by atoms with van der Waals surface area (Å²) in [5.74, 6) is 0.223. The predicted molar refractivity (Wildman–Crippen MR) is 64.5 cm³/mol. The number of amides is 1. The Hall–Kier alpha value is -1.58. The third-order valence-electron chi connectivity index (χ3n) is 3.49. The molecule has 0 aliphatic carbocycles. The zero-order valence-electron chi connectivity index (χ0n) is 10.3. The number of hydrogen-bond acceptors (Lipinski definition) is 2. The Morgan fingerprint density at radius 2 is 2.29 bits per heavy atom. The number of aromatic nitrogens is 1. The number of aryl methyl sites for hydroxylation is 1. The average molecular weight is 234 g/mol. The van der Waals surface area contributed by atoms with E-state index < -0.39 is 5.54 Å². The van der Waals surface area contributed by atoms with Gasteiger partial charge in [-0.3, -0.25) is 9.59 Å². The van der Waals surface area contributed by atoms with E-state index in [1.54, 1.807) is 4.90 Å². The highest BCUT2D eigenvalue weighted by molar-refractivity contribution is 5.95. The van der Waals surface area contributed by atoms with Gasteiger partial charge in [0.15, 0.2) is 5.78 Å². The van der Waals surface area contributed by atoms with Crippen molar-refractivity contribution >= 4 is 11.7 Å². The molecule has 0 saturated carbocycles. The maximum atomic E-state index is 12.1. The number of carbonyl (C=O) groups is 2. The van der Waals surface area contributed by atoms with E-state index in [-0.39, 0.29) is 11.7 Å². The summed E-state index contributed by atoms with van der Waals surface area (Å²) in [5, 5.41) is 0. The Kier molecular flexibility index (Phi) is 3.05. The summed E-state index contributed by atoms with van der Waals surface area (Å²) in [6, 6.07) is 3.89. The lowest BCUT2D eigenvalue weighted by molar-refractivity contribution is -0.138. The van der Waals surface area contributed by atoms with Crippen LogP contribution >= 0.6 is 0 Å². The fourth-order valence-corrected chi connectivity index (χ4v) is 2.29. The lowest BCUT2D eigenvalue weighted by Gasteiger charge is -2.30. The normalized spacial score (nSPS) is 18.7. The first-order valence-electron chi connectivity index (χ1n) is 5.98. The molecule has 1 aliphatic rings. The Morgan fingerprint density at radius 3 is 2.82 bits per heavy atom. The topological polar surface area (TPSA) is 53.2 Å². The first-order chi connectivity index (χ1) is 8.01. The van der Waals surface area contributed by atoms with Gasteiger partial charge in [-0.25, -0.2) is 0 Å². The zero-order chi connectivity index (χ0) is 12.5. The van der Waals surface area contributed by atoms with Gasteiger partial charge in [0.05, 0.1) is 5.54 Å². The molecule has 4 heteroatoms. The Morgan fingerprint density at radius 1 is 1.53 bits per heavy atom. The van der Waals surface area contributed by atoms with E-state index >= 15 is 0 Å². The maximum absolute atomic E-state index is 12.1. The van der Waals surface area contributed by atoms with Gasteiger partial charge in [-0.15, -0.1) is 0 Å². The number of rotatable bonds is 3. The molecule has 1 aromatic heterocycles. The lowest BCUT2D eigenvalue weighted by Crippen LogP contribution is -2.46. The number of aromatic amines is 1. The van der Waals surface area contributed by atoms with Crippen LogP contribution in [0.5, 0.6) is 0 Å². The van der Waals surface area contributed by atoms with Gasteiger partial charge in [0.1, 0.15) is 0 Å². The van der Waals surface area contributed by atoms with Crippen molar-refractivity contribution in [2.75, 3.05) is 6.54 Å². The summed E-state index contributed by atoms with van der Waals surface area (Å²) in [6.07, 6.45) is 3.49. The molecule has 92 valence electrons. The molecular formula is C13H18N2O2. The second-order valence-electron chi connectivity index (χ2n) is 4.97. The highest BCUT2D eigenvalue weighted by atomic mass is 16.2. The van der Waals surface area contributed by atoms with Crippen LogP contribution < -0.4 is 0 Å². The van der Waals surface area contributed by atoms with E-state index in [1.165, 1.54) is 0 Å². The molecule has 1 N–H and O–H groups in total. The van der Waals surface area contributed by atoms with Crippen LogP contribution in [-0.2, 0) is 16.0 Å². The van der Waals surface area contributed by atoms with E-state index in [9.17, 15) is 9.59 Å². The molecule has 2 rings (SSSR count). The van der Waals surface area contributed by atoms with Gasteiger partial charge < -0.3 is 9.88 Å². The lowest BCUT2D eigenvalue weighted by atomic mass is 10.00. The van der Waals surface area contributed by atoms with Crippen molar-refractivity contribution in [3.05, 3.63) is 24.0 Å². The minimum atomic E-state index is -0.618. The number of Topliss-reactive ketones (excluding diaryl/α,β-unsaturated/α-hetero) is 1. The molecule has 1 aliphatic heterocycles. The molecule has 0 atom stereocenters. The monoisotopic (exact) mass is 234 g/mol. The smallest absolute Gasteiger partial charge is 0.223 e. The minimum Gasteiger partial charge on any atom is -0.365 e. The zero-order valence-corrected chi connectivity index (χ0v) is 10.3. The molecule has 0 spiro atoms. The fraction of sp³-hybridized carbons (Fsp3) is 0.538. The van der Waals surface area contributed by atoms with Crippen LogP contribution in [0.3, 0.4) is 0 Å². The average Bonchev–Trinajstić information content (AvgIpc) is 2.86. The Balaban J connectivity index is 1.95. The number of likely N-dealkylation sites (tertiary alicyclic amines) is 1. The largest absolute Gasteiger partial charge is 0.365 e. The summed E-state index contributed by atoms with van der Waals surface area (Å²) in [5.41, 5.74) is 0.439. The van der Waals surface area contributed by atoms with E-state index in [0.717, 1.165) is 5.69 Å². The van der Waals surface area contributed by atoms with Crippen molar-refractivity contribution in [1.82, 2.24) is 9.88 Å². The molecule has 1 saturated heterocycles. The van der Waals surface area contributed by atoms with Gasteiger partial charge in [0, 0.05) is 31.3 Å². The first-order valence-corrected chi connectivity index (χ1v) is 5.98. The van der Waals surface area contributed by atoms with Gasteiger partial charge in [-0.2, -0.15) is 0 Å². The standard InChI is InChI=1S/C13H18N2O2/c1-13(2)11(16)7-9-15(13)12(17)6-5-10-4-3-8-14-10/h3-4,8,14H,5-7,9H2,1-2H3. The van der Waals surface area contributed by atoms with E-state index in [4.69, 9.17) is 0 Å². The number of carbonyl (C=O) groups excluding carboxylic acids is 2. The highest BCUT2D eigenvalue weighted by Gasteiger charge is 2.42. The van der Waals surface area contributed by atoms with Crippen LogP contribution in [0.4, 0.5) is 0 Å². The summed E-state index contributed by atoms with van der Waals surface area (Å²) >= 11 is 0. The summed E-state index contributed by atoms with van der Waals surface area (Å²) in [6.45, 7) is 4.22. The second kappa shape index (κ2) is 4.35. The maximum Gasteiger partial charge on any atom is 0.223 e. The molecule has 0 unspecified atom stereocenters. The van der Waals surface area contributed by atoms with Gasteiger partial charge in [0.25, 0.3) is 0 Å². The van der Waals surface area contributed by atoms with E-state index in [0.29, 0.717) is 25.8 Å². The summed E-state index contributed by atoms with van der Waals surface area (Å²) < 4.78 is 0. The summed E-state index contributed by atoms with van der Waals surface area (Å²) in [4.78, 5) is 28.5. The van der Waals surface area contributed by atoms with Crippen LogP contribution in [0.1, 0.15) is 32.4 Å². The molecule has 1 amide bonds. The molecule has 4 nitrogen and oxygen atoms in total. The quantitative estimate of drug-likeness (QED) is 0.862. The highest BCUT2D eigenvalue weighted by Crippen LogP contribution is 2.25. The van der Waals surface area contributed by atoms with Gasteiger partial charge in [-0.05, 0) is 32.4 Å². The molecule has 0 radical (unpaired) electrons. The number of nitrogens with zero attached hydrogens (tertiary/aromatic N) is 1. The van der Waals surface area contributed by atoms with Crippen molar-refractivity contribution in [2.24, 2.45) is 0 Å². The van der Waals surface area contributed by atoms with Crippen molar-refractivity contribution in [3.63, 3.8) is 0 Å². The molecule has 1 fully saturated rings. The SMILES string of the molecule is CC1(C)C(=O)CCN1C(=O)CCc1ccc[nH]1. The molecule has 1 aromatic rings. The third-order valence-corrected chi connectivity index (χ3v) is 3.49. The number of nitrogens with one attached hydrogen (secondary N) is 1. The molecule has 17 heavy (non-hydrogen) atoms. The van der Waals surface area contributed by atoms with Crippen molar-refractivity contribution in [3.8, 4) is 0 Å². The van der Waals surface area contributed by atoms with Gasteiger partial charge >= 0.3 is 0 Å². The minimum absolute atomic E-state index is 0.0652. The number of hydrogen-bond donors (Lipinski definition) is 1. The van der Waals surface area contributed by atoms with E-state index in [2.05, 4.69) is 4.98 Å². The van der Waals surface area contributed by atoms with Crippen LogP contribution in [0.2, 0.25) is 0 Å². The van der Waals surface area contributed by atoms with E-state index in [1.807, 2.05) is 32.2 Å². The predicted octanol–water partition coefficient (Wildman–Crippen LogP) is 1.53.